The van der Waals surface area contributed by atoms with E-state index in [1.807, 2.05) is 84.9 Å². The normalized spacial score (nSPS) is 13.3. The molecule has 0 unspecified atom stereocenters. The van der Waals surface area contributed by atoms with Crippen LogP contribution in [0.4, 0.5) is 51.7 Å². The fraction of sp³-hybridized carbons (Fsp3) is 0.0789. The van der Waals surface area contributed by atoms with Crippen molar-refractivity contribution in [3.05, 3.63) is 300 Å². The van der Waals surface area contributed by atoms with E-state index >= 15 is 17.6 Å². The monoisotopic (exact) mass is 1070 g/mol. The fourth-order valence-corrected chi connectivity index (χ4v) is 13.1. The summed E-state index contributed by atoms with van der Waals surface area (Å²) in [7, 11) is 0. The van der Waals surface area contributed by atoms with Gasteiger partial charge >= 0.3 is 0 Å². The van der Waals surface area contributed by atoms with Crippen LogP contribution in [0.5, 0.6) is 0 Å². The standard InChI is InChI=1S/C76H54F4N2/c1-75(2)61-43-49(47-31-37-55(38-32-47)81(51-19-9-5-10-20-51)52-21-11-6-12-22-52)35-41-57(61)69-63(75)45-59-60(71(69)73-65(77)27-17-28-66(73)78)46-64-70(72(59)74-67(79)29-18-30-68(74)80)58-42-36-50(44-62(58)76(64,3)4)48-33-39-56(40-34-48)82(53-23-13-7-14-24-53)54-25-15-8-16-26-54/h5-46H,1-4H3. The number of nitrogens with zero attached hydrogens (tertiary/aromatic N) is 2. The van der Waals surface area contributed by atoms with Crippen LogP contribution in [0.3, 0.4) is 0 Å². The summed E-state index contributed by atoms with van der Waals surface area (Å²) >= 11 is 0. The van der Waals surface area contributed by atoms with Gasteiger partial charge in [0.1, 0.15) is 23.3 Å². The maximum Gasteiger partial charge on any atom is 0.134 e. The zero-order valence-electron chi connectivity index (χ0n) is 45.7. The van der Waals surface area contributed by atoms with Gasteiger partial charge in [-0.05, 0) is 199 Å². The van der Waals surface area contributed by atoms with Gasteiger partial charge in [0, 0.05) is 56.1 Å². The van der Waals surface area contributed by atoms with Gasteiger partial charge in [-0.15, -0.1) is 0 Å². The second-order valence-corrected chi connectivity index (χ2v) is 22.5. The number of rotatable bonds is 10. The minimum Gasteiger partial charge on any atom is -0.311 e. The van der Waals surface area contributed by atoms with Crippen LogP contribution in [0.2, 0.25) is 0 Å². The first kappa shape index (κ1) is 50.4. The number of hydrogen-bond donors (Lipinski definition) is 0. The van der Waals surface area contributed by atoms with E-state index in [0.717, 1.165) is 89.8 Å². The summed E-state index contributed by atoms with van der Waals surface area (Å²) in [6.07, 6.45) is 0. The summed E-state index contributed by atoms with van der Waals surface area (Å²) in [6, 6.07) is 82.7. The molecule has 0 heterocycles. The largest absolute Gasteiger partial charge is 0.311 e. The van der Waals surface area contributed by atoms with Crippen LogP contribution >= 0.6 is 0 Å². The van der Waals surface area contributed by atoms with Gasteiger partial charge in [-0.1, -0.05) is 161 Å². The molecule has 396 valence electrons. The Morgan fingerprint density at radius 2 is 0.524 bits per heavy atom. The van der Waals surface area contributed by atoms with Crippen molar-refractivity contribution in [2.45, 2.75) is 38.5 Å². The van der Waals surface area contributed by atoms with Gasteiger partial charge in [-0.2, -0.15) is 0 Å². The Balaban J connectivity index is 0.938. The number of para-hydroxylation sites is 4. The lowest BCUT2D eigenvalue weighted by atomic mass is 9.76. The van der Waals surface area contributed by atoms with Crippen molar-refractivity contribution in [2.24, 2.45) is 0 Å². The highest BCUT2D eigenvalue weighted by molar-refractivity contribution is 6.17. The Hall–Kier alpha value is -9.78. The predicted octanol–water partition coefficient (Wildman–Crippen LogP) is 21.6. The Labute approximate surface area is 475 Å². The number of halogens is 4. The van der Waals surface area contributed by atoms with E-state index in [1.54, 1.807) is 0 Å². The first-order valence-corrected chi connectivity index (χ1v) is 27.8. The van der Waals surface area contributed by atoms with Crippen molar-refractivity contribution < 1.29 is 17.6 Å². The molecular formula is C76H54F4N2. The molecule has 0 radical (unpaired) electrons. The molecule has 0 amide bonds. The van der Waals surface area contributed by atoms with Crippen molar-refractivity contribution in [2.75, 3.05) is 9.80 Å². The molecule has 12 aromatic carbocycles. The third-order valence-corrected chi connectivity index (χ3v) is 17.1. The Kier molecular flexibility index (Phi) is 12.0. The van der Waals surface area contributed by atoms with E-state index in [4.69, 9.17) is 0 Å². The fourth-order valence-electron chi connectivity index (χ4n) is 13.1. The molecule has 6 heteroatoms. The van der Waals surface area contributed by atoms with Crippen molar-refractivity contribution >= 4 is 44.9 Å². The average molecular weight is 1070 g/mol. The second-order valence-electron chi connectivity index (χ2n) is 22.5. The highest BCUT2D eigenvalue weighted by atomic mass is 19.1. The molecule has 0 spiro atoms. The summed E-state index contributed by atoms with van der Waals surface area (Å²) in [5.41, 5.74) is 15.5. The number of anilines is 6. The molecule has 14 rings (SSSR count). The lowest BCUT2D eigenvalue weighted by Gasteiger charge is -2.27. The highest BCUT2D eigenvalue weighted by Crippen LogP contribution is 2.61. The third kappa shape index (κ3) is 8.07. The summed E-state index contributed by atoms with van der Waals surface area (Å²) < 4.78 is 67.9. The molecule has 0 saturated carbocycles. The summed E-state index contributed by atoms with van der Waals surface area (Å²) in [4.78, 5) is 4.45. The smallest absolute Gasteiger partial charge is 0.134 e. The first-order valence-electron chi connectivity index (χ1n) is 27.8. The molecule has 2 aliphatic rings. The van der Waals surface area contributed by atoms with Crippen molar-refractivity contribution in [3.63, 3.8) is 0 Å². The van der Waals surface area contributed by atoms with Gasteiger partial charge in [0.25, 0.3) is 0 Å². The van der Waals surface area contributed by atoms with E-state index in [2.05, 4.69) is 171 Å². The van der Waals surface area contributed by atoms with Crippen molar-refractivity contribution in [1.82, 2.24) is 0 Å². The quantitative estimate of drug-likeness (QED) is 0.126. The van der Waals surface area contributed by atoms with Crippen LogP contribution in [0.1, 0.15) is 49.9 Å². The second kappa shape index (κ2) is 19.5. The minimum atomic E-state index is -0.742. The molecule has 0 saturated heterocycles. The molecule has 82 heavy (non-hydrogen) atoms. The van der Waals surface area contributed by atoms with Gasteiger partial charge in [-0.3, -0.25) is 0 Å². The topological polar surface area (TPSA) is 6.48 Å². The van der Waals surface area contributed by atoms with Crippen LogP contribution in [0.25, 0.3) is 77.5 Å². The van der Waals surface area contributed by atoms with E-state index < -0.39 is 34.1 Å². The molecule has 2 nitrogen and oxygen atoms in total. The molecule has 12 aromatic rings. The molecule has 0 fully saturated rings. The first-order chi connectivity index (χ1) is 39.9. The molecule has 0 bridgehead atoms. The summed E-state index contributed by atoms with van der Waals surface area (Å²) in [5, 5.41) is 1.00. The lowest BCUT2D eigenvalue weighted by molar-refractivity contribution is 0.589. The van der Waals surface area contributed by atoms with E-state index in [-0.39, 0.29) is 11.1 Å². The Morgan fingerprint density at radius 1 is 0.244 bits per heavy atom. The van der Waals surface area contributed by atoms with Gasteiger partial charge in [0.05, 0.1) is 11.1 Å². The number of hydrogen-bond acceptors (Lipinski definition) is 2. The third-order valence-electron chi connectivity index (χ3n) is 17.1. The van der Waals surface area contributed by atoms with Crippen LogP contribution in [0.15, 0.2) is 255 Å². The number of fused-ring (bicyclic) bond motifs is 7. The van der Waals surface area contributed by atoms with Gasteiger partial charge in [0.2, 0.25) is 0 Å². The minimum absolute atomic E-state index is 0.189. The zero-order chi connectivity index (χ0) is 56.0. The average Bonchev–Trinajstić information content (AvgIpc) is 1.74. The molecular weight excluding hydrogens is 1020 g/mol. The highest BCUT2D eigenvalue weighted by Gasteiger charge is 2.43. The molecule has 0 N–H and O–H groups in total. The maximum atomic E-state index is 17.0. The van der Waals surface area contributed by atoms with E-state index in [1.165, 1.54) is 36.4 Å². The van der Waals surface area contributed by atoms with Crippen molar-refractivity contribution in [1.29, 1.82) is 0 Å². The lowest BCUT2D eigenvalue weighted by Crippen LogP contribution is -2.16. The van der Waals surface area contributed by atoms with Crippen LogP contribution in [0, 0.1) is 23.3 Å². The Bertz CT molecular complexity index is 4050. The van der Waals surface area contributed by atoms with Crippen LogP contribution in [-0.2, 0) is 10.8 Å². The molecule has 0 aromatic heterocycles. The molecule has 2 aliphatic carbocycles. The molecule has 0 atom stereocenters. The van der Waals surface area contributed by atoms with Crippen molar-refractivity contribution in [3.8, 4) is 66.8 Å². The van der Waals surface area contributed by atoms with E-state index in [0.29, 0.717) is 33.0 Å². The van der Waals surface area contributed by atoms with E-state index in [9.17, 15) is 0 Å². The van der Waals surface area contributed by atoms with Crippen LogP contribution < -0.4 is 9.80 Å². The van der Waals surface area contributed by atoms with Gasteiger partial charge < -0.3 is 9.80 Å². The van der Waals surface area contributed by atoms with Gasteiger partial charge in [0.15, 0.2) is 0 Å². The number of benzene rings is 12. The maximum absolute atomic E-state index is 17.0. The SMILES string of the molecule is CC1(C)c2cc(-c3ccc(N(c4ccccc4)c4ccccc4)cc3)ccc2-c2c1cc1c(-c3c(F)cccc3F)c3c(cc1c2-c1c(F)cccc1F)C(C)(C)c1cc(-c2ccc(N(c4ccccc4)c4ccccc4)cc2)ccc1-3. The summed E-state index contributed by atoms with van der Waals surface area (Å²) in [6.45, 7) is 8.50. The Morgan fingerprint density at radius 3 is 0.829 bits per heavy atom. The summed E-state index contributed by atoms with van der Waals surface area (Å²) in [5.74, 6) is -2.92. The predicted molar refractivity (Wildman–Crippen MR) is 330 cm³/mol. The van der Waals surface area contributed by atoms with Crippen LogP contribution in [-0.4, -0.2) is 0 Å². The zero-order valence-corrected chi connectivity index (χ0v) is 45.7. The van der Waals surface area contributed by atoms with Gasteiger partial charge in [-0.25, -0.2) is 17.6 Å². The molecule has 0 aliphatic heterocycles.